The van der Waals surface area contributed by atoms with E-state index in [-0.39, 0.29) is 0 Å². The van der Waals surface area contributed by atoms with E-state index >= 15 is 0 Å². The van der Waals surface area contributed by atoms with Gasteiger partial charge in [0.15, 0.2) is 0 Å². The number of para-hydroxylation sites is 3. The second-order valence-corrected chi connectivity index (χ2v) is 19.2. The van der Waals surface area contributed by atoms with Crippen LogP contribution in [0.1, 0.15) is 0 Å². The Morgan fingerprint density at radius 3 is 1.33 bits per heavy atom. The van der Waals surface area contributed by atoms with Gasteiger partial charge in [0, 0.05) is 44.3 Å². The minimum Gasteiger partial charge on any atom is -0.456 e. The van der Waals surface area contributed by atoms with Gasteiger partial charge in [-0.05, 0) is 127 Å². The van der Waals surface area contributed by atoms with Crippen LogP contribution in [-0.4, -0.2) is 0 Å². The summed E-state index contributed by atoms with van der Waals surface area (Å²) in [7, 11) is 0. The fraction of sp³-hybridized carbons (Fsp3) is 0. The average Bonchev–Trinajstić information content (AvgIpc) is 3.88. The summed E-state index contributed by atoms with van der Waals surface area (Å²) in [5, 5.41) is 9.30. The smallest absolute Gasteiger partial charge is 0.136 e. The summed E-state index contributed by atoms with van der Waals surface area (Å²) in [4.78, 5) is 4.89. The van der Waals surface area contributed by atoms with Crippen molar-refractivity contribution in [3.05, 3.63) is 291 Å². The highest BCUT2D eigenvalue weighted by Crippen LogP contribution is 2.50. The molecule has 1 aromatic heterocycles. The van der Waals surface area contributed by atoms with E-state index < -0.39 is 0 Å². The van der Waals surface area contributed by atoms with Crippen molar-refractivity contribution in [2.45, 2.75) is 0 Å². The number of fused-ring (bicyclic) bond motifs is 6. The molecule has 0 fully saturated rings. The zero-order valence-corrected chi connectivity index (χ0v) is 41.0. The lowest BCUT2D eigenvalue weighted by molar-refractivity contribution is 0.669. The molecule has 0 unspecified atom stereocenters. The van der Waals surface area contributed by atoms with Gasteiger partial charge in [0.05, 0.1) is 17.1 Å². The minimum absolute atomic E-state index is 0.884. The molecular weight excluding hydrogens is 909 g/mol. The number of rotatable bonds is 10. The molecule has 0 N–H and O–H groups in total. The van der Waals surface area contributed by atoms with Crippen LogP contribution in [0.15, 0.2) is 296 Å². The van der Waals surface area contributed by atoms with Gasteiger partial charge < -0.3 is 14.2 Å². The monoisotopic (exact) mass is 956 g/mol. The molecule has 3 nitrogen and oxygen atoms in total. The second kappa shape index (κ2) is 18.6. The first-order valence-electron chi connectivity index (χ1n) is 25.6. The van der Waals surface area contributed by atoms with E-state index in [1.54, 1.807) is 0 Å². The molecule has 0 amide bonds. The van der Waals surface area contributed by atoms with E-state index in [9.17, 15) is 0 Å². The third-order valence-electron chi connectivity index (χ3n) is 14.8. The van der Waals surface area contributed by atoms with E-state index in [1.807, 2.05) is 6.07 Å². The summed E-state index contributed by atoms with van der Waals surface area (Å²) < 4.78 is 6.42. The van der Waals surface area contributed by atoms with Gasteiger partial charge in [-0.15, -0.1) is 0 Å². The van der Waals surface area contributed by atoms with Crippen LogP contribution in [0.25, 0.3) is 98.8 Å². The molecule has 75 heavy (non-hydrogen) atoms. The zero-order valence-electron chi connectivity index (χ0n) is 41.0. The second-order valence-electron chi connectivity index (χ2n) is 19.2. The van der Waals surface area contributed by atoms with E-state index in [4.69, 9.17) is 4.42 Å². The lowest BCUT2D eigenvalue weighted by Gasteiger charge is -2.32. The van der Waals surface area contributed by atoms with Crippen molar-refractivity contribution in [2.75, 3.05) is 9.80 Å². The Morgan fingerprint density at radius 1 is 0.227 bits per heavy atom. The third kappa shape index (κ3) is 7.86. The lowest BCUT2D eigenvalue weighted by atomic mass is 9.93. The lowest BCUT2D eigenvalue weighted by Crippen LogP contribution is -2.14. The Balaban J connectivity index is 0.945. The number of hydrogen-bond donors (Lipinski definition) is 0. The molecule has 1 heterocycles. The van der Waals surface area contributed by atoms with Gasteiger partial charge in [0.25, 0.3) is 0 Å². The minimum atomic E-state index is 0.884. The first-order valence-corrected chi connectivity index (χ1v) is 25.6. The maximum atomic E-state index is 6.42. The molecule has 0 saturated heterocycles. The molecule has 0 atom stereocenters. The fourth-order valence-electron chi connectivity index (χ4n) is 11.3. The first kappa shape index (κ1) is 43.8. The van der Waals surface area contributed by atoms with E-state index in [0.717, 1.165) is 94.7 Å². The zero-order chi connectivity index (χ0) is 49.7. The maximum absolute atomic E-state index is 6.42. The number of furan rings is 1. The predicted molar refractivity (Wildman–Crippen MR) is 317 cm³/mol. The summed E-state index contributed by atoms with van der Waals surface area (Å²) in [6.07, 6.45) is 0. The Kier molecular flexibility index (Phi) is 10.8. The molecule has 0 aliphatic heterocycles. The Hall–Kier alpha value is -9.96. The van der Waals surface area contributed by atoms with E-state index in [0.29, 0.717) is 0 Å². The summed E-state index contributed by atoms with van der Waals surface area (Å²) in [5.41, 5.74) is 17.5. The average molecular weight is 957 g/mol. The highest BCUT2D eigenvalue weighted by Gasteiger charge is 2.25. The van der Waals surface area contributed by atoms with Crippen molar-refractivity contribution in [3.8, 4) is 44.5 Å². The molecule has 13 aromatic carbocycles. The summed E-state index contributed by atoms with van der Waals surface area (Å²) in [6.45, 7) is 0. The number of benzene rings is 13. The molecule has 0 bridgehead atoms. The van der Waals surface area contributed by atoms with Crippen LogP contribution in [0.4, 0.5) is 34.1 Å². The maximum Gasteiger partial charge on any atom is 0.136 e. The first-order chi connectivity index (χ1) is 37.2. The highest BCUT2D eigenvalue weighted by molar-refractivity contribution is 6.17. The van der Waals surface area contributed by atoms with Crippen LogP contribution in [0, 0.1) is 0 Å². The van der Waals surface area contributed by atoms with Crippen LogP contribution < -0.4 is 9.80 Å². The van der Waals surface area contributed by atoms with Gasteiger partial charge in [-0.2, -0.15) is 0 Å². The molecule has 14 rings (SSSR count). The van der Waals surface area contributed by atoms with Crippen LogP contribution in [0.2, 0.25) is 0 Å². The van der Waals surface area contributed by atoms with Crippen LogP contribution in [0.5, 0.6) is 0 Å². The van der Waals surface area contributed by atoms with Crippen molar-refractivity contribution in [1.29, 1.82) is 0 Å². The summed E-state index contributed by atoms with van der Waals surface area (Å²) >= 11 is 0. The molecule has 14 aromatic rings. The van der Waals surface area contributed by atoms with Crippen LogP contribution >= 0.6 is 0 Å². The van der Waals surface area contributed by atoms with Gasteiger partial charge >= 0.3 is 0 Å². The highest BCUT2D eigenvalue weighted by atomic mass is 16.3. The fourth-order valence-corrected chi connectivity index (χ4v) is 11.3. The van der Waals surface area contributed by atoms with Gasteiger partial charge in [-0.3, -0.25) is 0 Å². The molecular formula is C72H48N2O. The quantitative estimate of drug-likeness (QED) is 0.136. The third-order valence-corrected chi connectivity index (χ3v) is 14.8. The van der Waals surface area contributed by atoms with Crippen molar-refractivity contribution in [1.82, 2.24) is 0 Å². The topological polar surface area (TPSA) is 19.6 Å². The van der Waals surface area contributed by atoms with E-state index in [2.05, 4.69) is 295 Å². The van der Waals surface area contributed by atoms with Gasteiger partial charge in [0.2, 0.25) is 0 Å². The molecule has 0 radical (unpaired) electrons. The van der Waals surface area contributed by atoms with Gasteiger partial charge in [-0.1, -0.05) is 224 Å². The number of anilines is 6. The number of nitrogens with zero attached hydrogens (tertiary/aromatic N) is 2. The molecule has 0 aliphatic carbocycles. The van der Waals surface area contributed by atoms with Crippen molar-refractivity contribution in [3.63, 3.8) is 0 Å². The summed E-state index contributed by atoms with van der Waals surface area (Å²) in [5.74, 6) is 0. The van der Waals surface area contributed by atoms with Crippen molar-refractivity contribution >= 4 is 88.4 Å². The van der Waals surface area contributed by atoms with Crippen molar-refractivity contribution < 1.29 is 4.42 Å². The molecule has 352 valence electrons. The SMILES string of the molecule is c1ccc(-c2ccc(-c3ccc(N(c4ccc5ccccc5c4)c4ccccc4-c4ccccc4N(c4ccc5ccccc5c4)c4ccc(-c5cccc6oc7ccccc7c56)c5ccccc45)cc3)cc2)cc1. The van der Waals surface area contributed by atoms with Gasteiger partial charge in [-0.25, -0.2) is 0 Å². The molecule has 3 heteroatoms. The van der Waals surface area contributed by atoms with Crippen LogP contribution in [-0.2, 0) is 0 Å². The van der Waals surface area contributed by atoms with Gasteiger partial charge in [0.1, 0.15) is 11.2 Å². The largest absolute Gasteiger partial charge is 0.456 e. The number of hydrogen-bond acceptors (Lipinski definition) is 3. The Bertz CT molecular complexity index is 4420. The Labute approximate surface area is 436 Å². The Morgan fingerprint density at radius 2 is 0.680 bits per heavy atom. The van der Waals surface area contributed by atoms with Crippen LogP contribution in [0.3, 0.4) is 0 Å². The normalized spacial score (nSPS) is 11.5. The molecule has 0 spiro atoms. The molecule has 0 aliphatic rings. The predicted octanol–water partition coefficient (Wildman–Crippen LogP) is 20.7. The standard InChI is InChI=1S/C72H48N2O/c1-2-17-49(18-3-1)52-33-35-53(36-34-52)54-37-41-57(42-38-54)73(58-43-39-50-19-4-6-21-55(50)47-58)67-29-13-10-25-63(67)64-26-11-14-30-68(64)74(59-44-40-51-20-5-7-22-56(51)48-59)69-46-45-61(60-23-8-9-24-62(60)69)65-28-16-32-71-72(65)66-27-12-15-31-70(66)75-71/h1-48H. The summed E-state index contributed by atoms with van der Waals surface area (Å²) in [6, 6.07) is 105. The van der Waals surface area contributed by atoms with Crippen molar-refractivity contribution in [2.24, 2.45) is 0 Å². The molecule has 0 saturated carbocycles. The van der Waals surface area contributed by atoms with E-state index in [1.165, 1.54) is 38.2 Å².